The molecule has 220 valence electrons. The van der Waals surface area contributed by atoms with Crippen LogP contribution in [0, 0.1) is 0 Å². The fourth-order valence-electron chi connectivity index (χ4n) is 4.70. The quantitative estimate of drug-likeness (QED) is 0.189. The maximum Gasteiger partial charge on any atom is 0.272 e. The number of nitrogens with one attached hydrogen (secondary N) is 1. The van der Waals surface area contributed by atoms with Gasteiger partial charge in [0, 0.05) is 18.5 Å². The van der Waals surface area contributed by atoms with Crippen LogP contribution in [0.3, 0.4) is 0 Å². The van der Waals surface area contributed by atoms with Gasteiger partial charge in [0.2, 0.25) is 0 Å². The number of hydrogen-bond donors (Lipinski definition) is 2. The van der Waals surface area contributed by atoms with E-state index in [4.69, 9.17) is 67.5 Å². The van der Waals surface area contributed by atoms with E-state index in [1.165, 1.54) is 0 Å². The van der Waals surface area contributed by atoms with Crippen molar-refractivity contribution in [3.05, 3.63) is 112 Å². The second-order valence-electron chi connectivity index (χ2n) is 9.83. The molecule has 5 rings (SSSR count). The lowest BCUT2D eigenvalue weighted by Crippen LogP contribution is -2.33. The highest BCUT2D eigenvalue weighted by atomic mass is 35.6. The minimum Gasteiger partial charge on any atom is -0.392 e. The summed E-state index contributed by atoms with van der Waals surface area (Å²) in [6.45, 7) is 0.638. The topological polar surface area (TPSA) is 85.6 Å². The van der Waals surface area contributed by atoms with Gasteiger partial charge in [-0.15, -0.1) is 0 Å². The molecule has 3 aromatic carbocycles. The van der Waals surface area contributed by atoms with Gasteiger partial charge in [-0.05, 0) is 33.9 Å². The van der Waals surface area contributed by atoms with E-state index in [1.54, 1.807) is 10.9 Å². The number of carbonyl (C=O) groups excluding carboxylic acids is 1. The van der Waals surface area contributed by atoms with Gasteiger partial charge in [0.25, 0.3) is 9.70 Å². The van der Waals surface area contributed by atoms with E-state index >= 15 is 0 Å². The Labute approximate surface area is 268 Å². The Hall–Kier alpha value is -2.33. The van der Waals surface area contributed by atoms with Crippen LogP contribution in [0.5, 0.6) is 0 Å². The summed E-state index contributed by atoms with van der Waals surface area (Å²) >= 11 is 29.3. The van der Waals surface area contributed by atoms with Crippen LogP contribution >= 0.6 is 58.0 Å². The van der Waals surface area contributed by atoms with Crippen LogP contribution in [0.1, 0.15) is 41.1 Å². The largest absolute Gasteiger partial charge is 0.392 e. The summed E-state index contributed by atoms with van der Waals surface area (Å²) in [5.74, 6) is -0.686. The molecule has 0 bridgehead atoms. The molecule has 2 heterocycles. The van der Waals surface area contributed by atoms with Crippen molar-refractivity contribution in [3.8, 4) is 11.1 Å². The molecule has 0 radical (unpaired) electrons. The molecule has 1 amide bonds. The number of nitrogens with zero attached hydrogens (tertiary/aromatic N) is 2. The van der Waals surface area contributed by atoms with Gasteiger partial charge in [-0.25, -0.2) is 4.98 Å². The van der Waals surface area contributed by atoms with Crippen molar-refractivity contribution in [2.24, 2.45) is 0 Å². The Bertz CT molecular complexity index is 1520. The third-order valence-electron chi connectivity index (χ3n) is 6.90. The van der Waals surface area contributed by atoms with Crippen molar-refractivity contribution < 1.29 is 19.4 Å². The van der Waals surface area contributed by atoms with E-state index in [1.807, 2.05) is 72.8 Å². The molecular weight excluding hydrogens is 644 g/mol. The molecule has 3 atom stereocenters. The van der Waals surface area contributed by atoms with Crippen molar-refractivity contribution in [3.63, 3.8) is 0 Å². The third-order valence-corrected chi connectivity index (χ3v) is 8.19. The van der Waals surface area contributed by atoms with Gasteiger partial charge in [-0.1, -0.05) is 125 Å². The summed E-state index contributed by atoms with van der Waals surface area (Å²) in [5, 5.41) is 12.7. The number of hydrogen-bond acceptors (Lipinski definition) is 5. The summed E-state index contributed by atoms with van der Waals surface area (Å²) in [7, 11) is 0. The van der Waals surface area contributed by atoms with E-state index in [-0.39, 0.29) is 30.5 Å². The molecular formula is C30H26Cl5N3O4. The number of rotatable bonds is 8. The van der Waals surface area contributed by atoms with Crippen molar-refractivity contribution >= 4 is 63.9 Å². The monoisotopic (exact) mass is 667 g/mol. The number of aliphatic hydroxyl groups excluding tert-OH is 1. The number of alkyl halides is 3. The number of aromatic nitrogens is 2. The average Bonchev–Trinajstić information content (AvgIpc) is 3.31. The van der Waals surface area contributed by atoms with E-state index in [0.29, 0.717) is 18.1 Å². The number of halogens is 5. The van der Waals surface area contributed by atoms with Crippen LogP contribution in [0.2, 0.25) is 10.3 Å². The van der Waals surface area contributed by atoms with Gasteiger partial charge < -0.3 is 24.5 Å². The predicted octanol–water partition coefficient (Wildman–Crippen LogP) is 7.58. The first kappa shape index (κ1) is 31.1. The number of aliphatic hydroxyl groups is 1. The van der Waals surface area contributed by atoms with Gasteiger partial charge in [-0.3, -0.25) is 4.79 Å². The lowest BCUT2D eigenvalue weighted by Gasteiger charge is -2.36. The van der Waals surface area contributed by atoms with E-state index in [0.717, 1.165) is 33.4 Å². The normalized spacial score (nSPS) is 19.0. The van der Waals surface area contributed by atoms with Crippen LogP contribution < -0.4 is 5.32 Å². The lowest BCUT2D eigenvalue weighted by atomic mass is 9.99. The summed E-state index contributed by atoms with van der Waals surface area (Å²) in [4.78, 5) is 16.0. The van der Waals surface area contributed by atoms with Gasteiger partial charge in [0.1, 0.15) is 5.15 Å². The Morgan fingerprint density at radius 2 is 1.67 bits per heavy atom. The molecule has 42 heavy (non-hydrogen) atoms. The third kappa shape index (κ3) is 7.59. The minimum atomic E-state index is -2.02. The number of amides is 1. The zero-order chi connectivity index (χ0) is 29.9. The molecule has 1 aromatic heterocycles. The summed E-state index contributed by atoms with van der Waals surface area (Å²) in [5.41, 5.74) is 5.44. The standard InChI is InChI=1S/C30H26Cl5N3O4/c31-26-27(32)38(17-37-26)15-24-13-25(21-6-4-18(16-39)5-7-21)42-28(41-24)22-10-8-20(9-11-22)23-3-1-2-19(12-23)14-36-29(40)30(33,34)35/h1-12,17,24-25,28,39H,13-16H2,(H,36,40). The molecule has 4 aromatic rings. The van der Waals surface area contributed by atoms with Crippen molar-refractivity contribution in [1.82, 2.24) is 14.9 Å². The summed E-state index contributed by atoms with van der Waals surface area (Å²) in [6.07, 6.45) is 1.05. The summed E-state index contributed by atoms with van der Waals surface area (Å²) < 4.78 is 12.6. The highest BCUT2D eigenvalue weighted by Gasteiger charge is 2.33. The predicted molar refractivity (Wildman–Crippen MR) is 165 cm³/mol. The highest BCUT2D eigenvalue weighted by molar-refractivity contribution is 6.76. The zero-order valence-electron chi connectivity index (χ0n) is 22.0. The molecule has 2 N–H and O–H groups in total. The Morgan fingerprint density at radius 1 is 0.952 bits per heavy atom. The van der Waals surface area contributed by atoms with Crippen molar-refractivity contribution in [2.45, 2.75) is 48.4 Å². The van der Waals surface area contributed by atoms with Crippen LogP contribution in [0.25, 0.3) is 11.1 Å². The van der Waals surface area contributed by atoms with Gasteiger partial charge >= 0.3 is 0 Å². The van der Waals surface area contributed by atoms with E-state index in [2.05, 4.69) is 10.3 Å². The molecule has 1 aliphatic rings. The minimum absolute atomic E-state index is 0.0289. The van der Waals surface area contributed by atoms with Gasteiger partial charge in [0.15, 0.2) is 11.4 Å². The number of carbonyl (C=O) groups is 1. The first-order valence-corrected chi connectivity index (χ1v) is 14.9. The first-order valence-electron chi connectivity index (χ1n) is 13.0. The second-order valence-corrected chi connectivity index (χ2v) is 12.8. The zero-order valence-corrected chi connectivity index (χ0v) is 25.8. The highest BCUT2D eigenvalue weighted by Crippen LogP contribution is 2.39. The number of benzene rings is 3. The number of ether oxygens (including phenoxy) is 2. The Kier molecular flexibility index (Phi) is 10.0. The average molecular weight is 670 g/mol. The molecule has 0 spiro atoms. The van der Waals surface area contributed by atoms with Crippen molar-refractivity contribution in [2.75, 3.05) is 0 Å². The van der Waals surface area contributed by atoms with Gasteiger partial charge in [-0.2, -0.15) is 0 Å². The molecule has 0 aliphatic carbocycles. The number of imidazole rings is 1. The summed E-state index contributed by atoms with van der Waals surface area (Å²) in [6, 6.07) is 23.3. The molecule has 7 nitrogen and oxygen atoms in total. The Morgan fingerprint density at radius 3 is 2.31 bits per heavy atom. The van der Waals surface area contributed by atoms with Gasteiger partial charge in [0.05, 0.1) is 31.7 Å². The maximum absolute atomic E-state index is 11.9. The van der Waals surface area contributed by atoms with E-state index in [9.17, 15) is 9.90 Å². The molecule has 1 aliphatic heterocycles. The molecule has 1 fully saturated rings. The van der Waals surface area contributed by atoms with E-state index < -0.39 is 16.0 Å². The van der Waals surface area contributed by atoms with Crippen LogP contribution in [0.4, 0.5) is 0 Å². The lowest BCUT2D eigenvalue weighted by molar-refractivity contribution is -0.252. The molecule has 1 saturated heterocycles. The van der Waals surface area contributed by atoms with Crippen LogP contribution in [-0.2, 0) is 34.0 Å². The van der Waals surface area contributed by atoms with Crippen LogP contribution in [-0.4, -0.2) is 30.5 Å². The smallest absolute Gasteiger partial charge is 0.272 e. The first-order chi connectivity index (χ1) is 20.1. The second kappa shape index (κ2) is 13.5. The van der Waals surface area contributed by atoms with Crippen LogP contribution in [0.15, 0.2) is 79.1 Å². The molecule has 12 heteroatoms. The molecule has 3 unspecified atom stereocenters. The maximum atomic E-state index is 11.9. The Balaban J connectivity index is 1.34. The fourth-order valence-corrected chi connectivity index (χ4v) is 5.21. The van der Waals surface area contributed by atoms with Crippen molar-refractivity contribution in [1.29, 1.82) is 0 Å². The SMILES string of the molecule is O=C(NCc1cccc(-c2ccc(C3OC(Cn4cnc(Cl)c4Cl)CC(c4ccc(CO)cc4)O3)cc2)c1)C(Cl)(Cl)Cl. The molecule has 0 saturated carbocycles. The fraction of sp³-hybridized carbons (Fsp3) is 0.267.